The zero-order valence-corrected chi connectivity index (χ0v) is 19.3. The number of rotatable bonds is 4. The second kappa shape index (κ2) is 7.75. The number of nitrogens with two attached hydrogens (primary N) is 1. The Labute approximate surface area is 190 Å². The van der Waals surface area contributed by atoms with E-state index in [1.54, 1.807) is 0 Å². The summed E-state index contributed by atoms with van der Waals surface area (Å²) in [5, 5.41) is 12.5. The molecule has 1 aromatic carbocycles. The smallest absolute Gasteiger partial charge is 0.292 e. The van der Waals surface area contributed by atoms with E-state index >= 15 is 0 Å². The molecule has 4 aromatic rings. The molecule has 9 nitrogen and oxygen atoms in total. The number of likely N-dealkylation sites (tertiary alicyclic amines) is 1. The van der Waals surface area contributed by atoms with Crippen molar-refractivity contribution in [2.75, 3.05) is 18.8 Å². The molecule has 1 atom stereocenters. The van der Waals surface area contributed by atoms with Crippen molar-refractivity contribution in [1.82, 2.24) is 24.9 Å². The van der Waals surface area contributed by atoms with Crippen molar-refractivity contribution in [2.45, 2.75) is 40.7 Å². The molecule has 1 fully saturated rings. The van der Waals surface area contributed by atoms with Crippen LogP contribution in [0.4, 0.5) is 5.82 Å². The predicted molar refractivity (Wildman–Crippen MR) is 127 cm³/mol. The Morgan fingerprint density at radius 3 is 2.88 bits per heavy atom. The Kier molecular flexibility index (Phi) is 4.99. The van der Waals surface area contributed by atoms with E-state index in [0.717, 1.165) is 35.1 Å². The normalized spacial score (nSPS) is 16.5. The molecule has 0 radical (unpaired) electrons. The molecule has 1 saturated heterocycles. The fourth-order valence-corrected chi connectivity index (χ4v) is 4.80. The summed E-state index contributed by atoms with van der Waals surface area (Å²) >= 11 is 0. The second-order valence-electron chi connectivity index (χ2n) is 9.34. The number of H-pyrrole nitrogens is 1. The van der Waals surface area contributed by atoms with Gasteiger partial charge in [-0.2, -0.15) is 10.2 Å². The Bertz CT molecular complexity index is 1440. The van der Waals surface area contributed by atoms with Gasteiger partial charge in [0.1, 0.15) is 11.3 Å². The van der Waals surface area contributed by atoms with Crippen LogP contribution in [0.5, 0.6) is 0 Å². The van der Waals surface area contributed by atoms with Crippen LogP contribution in [-0.4, -0.2) is 43.9 Å². The third-order valence-electron chi connectivity index (χ3n) is 6.53. The Hall–Kier alpha value is -3.62. The number of nitrogens with zero attached hydrogens (tertiary/aromatic N) is 4. The standard InChI is InChI=1S/C24H28N6O3/c1-12(2)24(32)29-8-7-15(10-29)11-30-20(18-19(28-30)23(31)27-26-22(18)25)21-14(4)16-9-13(3)5-6-17(16)33-21/h5-6,9,12,15H,7-8,10-11H2,1-4H3,(H2,25,26)(H,27,31). The number of hydrogen-bond donors (Lipinski definition) is 2. The molecule has 1 unspecified atom stereocenters. The number of nitrogen functional groups attached to an aromatic ring is 1. The minimum Gasteiger partial charge on any atom is -0.454 e. The summed E-state index contributed by atoms with van der Waals surface area (Å²) in [6.45, 7) is 9.81. The van der Waals surface area contributed by atoms with Gasteiger partial charge in [0.2, 0.25) is 5.91 Å². The number of aromatic nitrogens is 4. The summed E-state index contributed by atoms with van der Waals surface area (Å²) in [6.07, 6.45) is 0.872. The van der Waals surface area contributed by atoms with E-state index in [0.29, 0.717) is 29.9 Å². The maximum atomic E-state index is 12.6. The first-order valence-electron chi connectivity index (χ1n) is 11.3. The van der Waals surface area contributed by atoms with Gasteiger partial charge in [-0.15, -0.1) is 0 Å². The largest absolute Gasteiger partial charge is 0.454 e. The zero-order valence-electron chi connectivity index (χ0n) is 19.3. The predicted octanol–water partition coefficient (Wildman–Crippen LogP) is 3.24. The van der Waals surface area contributed by atoms with Crippen LogP contribution >= 0.6 is 0 Å². The summed E-state index contributed by atoms with van der Waals surface area (Å²) in [6, 6.07) is 6.04. The number of carbonyl (C=O) groups is 1. The number of benzene rings is 1. The topological polar surface area (TPSA) is 123 Å². The van der Waals surface area contributed by atoms with Crippen molar-refractivity contribution in [3.8, 4) is 11.5 Å². The van der Waals surface area contributed by atoms with Crippen molar-refractivity contribution in [2.24, 2.45) is 11.8 Å². The van der Waals surface area contributed by atoms with Gasteiger partial charge in [0.15, 0.2) is 17.1 Å². The quantitative estimate of drug-likeness (QED) is 0.494. The van der Waals surface area contributed by atoms with Crippen molar-refractivity contribution in [3.63, 3.8) is 0 Å². The summed E-state index contributed by atoms with van der Waals surface area (Å²) in [5.74, 6) is 1.17. The number of hydrogen-bond acceptors (Lipinski definition) is 6. The lowest BCUT2D eigenvalue weighted by Crippen LogP contribution is -2.32. The van der Waals surface area contributed by atoms with Crippen LogP contribution in [0.3, 0.4) is 0 Å². The molecule has 1 aliphatic rings. The van der Waals surface area contributed by atoms with Crippen molar-refractivity contribution in [1.29, 1.82) is 0 Å². The molecule has 1 aliphatic heterocycles. The molecule has 0 aliphatic carbocycles. The Morgan fingerprint density at radius 1 is 1.33 bits per heavy atom. The van der Waals surface area contributed by atoms with E-state index in [4.69, 9.17) is 10.2 Å². The van der Waals surface area contributed by atoms with E-state index in [9.17, 15) is 9.59 Å². The maximum Gasteiger partial charge on any atom is 0.292 e. The molecule has 0 bridgehead atoms. The Morgan fingerprint density at radius 2 is 2.12 bits per heavy atom. The molecule has 4 heterocycles. The van der Waals surface area contributed by atoms with E-state index in [1.807, 2.05) is 49.4 Å². The van der Waals surface area contributed by atoms with Gasteiger partial charge in [0.05, 0.1) is 5.39 Å². The van der Waals surface area contributed by atoms with Gasteiger partial charge in [0, 0.05) is 36.5 Å². The van der Waals surface area contributed by atoms with Gasteiger partial charge in [-0.3, -0.25) is 14.3 Å². The summed E-state index contributed by atoms with van der Waals surface area (Å²) in [7, 11) is 0. The molecule has 172 valence electrons. The third-order valence-corrected chi connectivity index (χ3v) is 6.53. The number of anilines is 1. The first-order chi connectivity index (χ1) is 15.7. The molecule has 9 heteroatoms. The van der Waals surface area contributed by atoms with Gasteiger partial charge in [-0.05, 0) is 38.3 Å². The minimum absolute atomic E-state index is 0.0299. The highest BCUT2D eigenvalue weighted by Crippen LogP contribution is 2.38. The monoisotopic (exact) mass is 448 g/mol. The van der Waals surface area contributed by atoms with Crippen molar-refractivity contribution in [3.05, 3.63) is 39.7 Å². The van der Waals surface area contributed by atoms with Gasteiger partial charge < -0.3 is 15.1 Å². The molecular formula is C24H28N6O3. The van der Waals surface area contributed by atoms with Crippen molar-refractivity contribution < 1.29 is 9.21 Å². The van der Waals surface area contributed by atoms with Crippen LogP contribution in [0.25, 0.3) is 33.3 Å². The van der Waals surface area contributed by atoms with Crippen LogP contribution in [0.1, 0.15) is 31.4 Å². The van der Waals surface area contributed by atoms with Crippen LogP contribution < -0.4 is 11.3 Å². The first-order valence-corrected chi connectivity index (χ1v) is 11.3. The van der Waals surface area contributed by atoms with Gasteiger partial charge in [-0.1, -0.05) is 25.5 Å². The Balaban J connectivity index is 1.64. The first kappa shape index (κ1) is 21.2. The minimum atomic E-state index is -0.396. The lowest BCUT2D eigenvalue weighted by atomic mass is 10.1. The maximum absolute atomic E-state index is 12.6. The SMILES string of the molecule is Cc1ccc2oc(-c3c4c(N)n[nH]c(=O)c4nn3CC3CCN(C(=O)C(C)C)C3)c(C)c2c1. The number of fused-ring (bicyclic) bond motifs is 2. The molecule has 3 aromatic heterocycles. The summed E-state index contributed by atoms with van der Waals surface area (Å²) < 4.78 is 8.09. The highest BCUT2D eigenvalue weighted by Gasteiger charge is 2.30. The van der Waals surface area contributed by atoms with Crippen LogP contribution in [-0.2, 0) is 11.3 Å². The fourth-order valence-electron chi connectivity index (χ4n) is 4.80. The number of aryl methyl sites for hydroxylation is 2. The molecule has 5 rings (SSSR count). The zero-order chi connectivity index (χ0) is 23.4. The second-order valence-corrected chi connectivity index (χ2v) is 9.34. The lowest BCUT2D eigenvalue weighted by molar-refractivity contribution is -0.133. The molecular weight excluding hydrogens is 420 g/mol. The summed E-state index contributed by atoms with van der Waals surface area (Å²) in [5.41, 5.74) is 9.57. The van der Waals surface area contributed by atoms with E-state index < -0.39 is 5.56 Å². The molecule has 0 spiro atoms. The lowest BCUT2D eigenvalue weighted by Gasteiger charge is -2.19. The van der Waals surface area contributed by atoms with Gasteiger partial charge in [-0.25, -0.2) is 5.10 Å². The van der Waals surface area contributed by atoms with Crippen molar-refractivity contribution >= 4 is 33.6 Å². The van der Waals surface area contributed by atoms with Gasteiger partial charge >= 0.3 is 0 Å². The van der Waals surface area contributed by atoms with Gasteiger partial charge in [0.25, 0.3) is 5.56 Å². The van der Waals surface area contributed by atoms with Crippen LogP contribution in [0.2, 0.25) is 0 Å². The average Bonchev–Trinajstić information content (AvgIpc) is 3.47. The van der Waals surface area contributed by atoms with Crippen LogP contribution in [0, 0.1) is 25.7 Å². The number of amides is 1. The van der Waals surface area contributed by atoms with E-state index in [1.165, 1.54) is 0 Å². The number of furan rings is 1. The molecule has 1 amide bonds. The highest BCUT2D eigenvalue weighted by atomic mass is 16.3. The van der Waals surface area contributed by atoms with E-state index in [-0.39, 0.29) is 29.1 Å². The number of carbonyl (C=O) groups excluding carboxylic acids is 1. The summed E-state index contributed by atoms with van der Waals surface area (Å²) in [4.78, 5) is 26.9. The number of aromatic amines is 1. The van der Waals surface area contributed by atoms with Crippen LogP contribution in [0.15, 0.2) is 27.4 Å². The molecule has 3 N–H and O–H groups in total. The molecule has 33 heavy (non-hydrogen) atoms. The highest BCUT2D eigenvalue weighted by molar-refractivity contribution is 6.01. The average molecular weight is 449 g/mol. The fraction of sp³-hybridized carbons (Fsp3) is 0.417. The number of nitrogens with one attached hydrogen (secondary N) is 1. The molecule has 0 saturated carbocycles. The third kappa shape index (κ3) is 3.48. The van der Waals surface area contributed by atoms with E-state index in [2.05, 4.69) is 21.4 Å².